The van der Waals surface area contributed by atoms with Crippen LogP contribution in [0.3, 0.4) is 0 Å². The monoisotopic (exact) mass is 293 g/mol. The van der Waals surface area contributed by atoms with Crippen LogP contribution in [0.5, 0.6) is 0 Å². The van der Waals surface area contributed by atoms with Crippen molar-refractivity contribution in [3.8, 4) is 0 Å². The Labute approximate surface area is 122 Å². The van der Waals surface area contributed by atoms with Crippen molar-refractivity contribution >= 4 is 17.6 Å². The molecule has 1 aromatic carbocycles. The fourth-order valence-corrected chi connectivity index (χ4v) is 2.32. The first-order valence-corrected chi connectivity index (χ1v) is 6.59. The standard InChI is InChI=1S/C15H16ClNO3/c1-10-14(15(18)19)7-13(20-10)9-17(2)8-11-4-3-5-12(16)6-11/h3-7H,8-9H2,1-2H3,(H,18,19). The van der Waals surface area contributed by atoms with Crippen molar-refractivity contribution in [1.29, 1.82) is 0 Å². The molecule has 0 atom stereocenters. The summed E-state index contributed by atoms with van der Waals surface area (Å²) in [4.78, 5) is 13.0. The quantitative estimate of drug-likeness (QED) is 0.915. The first-order valence-electron chi connectivity index (χ1n) is 6.21. The summed E-state index contributed by atoms with van der Waals surface area (Å²) in [6.07, 6.45) is 0. The fraction of sp³-hybridized carbons (Fsp3) is 0.267. The van der Waals surface area contributed by atoms with E-state index < -0.39 is 5.97 Å². The lowest BCUT2D eigenvalue weighted by Crippen LogP contribution is -2.16. The van der Waals surface area contributed by atoms with Crippen LogP contribution in [0.2, 0.25) is 5.02 Å². The molecule has 0 saturated carbocycles. The van der Waals surface area contributed by atoms with Gasteiger partial charge in [0.25, 0.3) is 0 Å². The van der Waals surface area contributed by atoms with Gasteiger partial charge in [0.05, 0.1) is 6.54 Å². The number of benzene rings is 1. The third-order valence-electron chi connectivity index (χ3n) is 2.97. The number of carboxylic acid groups (broad SMARTS) is 1. The second-order valence-corrected chi connectivity index (χ2v) is 5.23. The van der Waals surface area contributed by atoms with E-state index in [1.54, 1.807) is 13.0 Å². The molecule has 0 aliphatic heterocycles. The number of hydrogen-bond acceptors (Lipinski definition) is 3. The fourth-order valence-electron chi connectivity index (χ4n) is 2.10. The Morgan fingerprint density at radius 3 is 2.70 bits per heavy atom. The number of rotatable bonds is 5. The van der Waals surface area contributed by atoms with Gasteiger partial charge in [-0.1, -0.05) is 23.7 Å². The van der Waals surface area contributed by atoms with E-state index in [1.807, 2.05) is 36.2 Å². The summed E-state index contributed by atoms with van der Waals surface area (Å²) < 4.78 is 5.46. The molecule has 0 aliphatic rings. The summed E-state index contributed by atoms with van der Waals surface area (Å²) in [5, 5.41) is 9.70. The number of halogens is 1. The number of aromatic carboxylic acids is 1. The lowest BCUT2D eigenvalue weighted by molar-refractivity contribution is 0.0695. The maximum atomic E-state index is 11.0. The van der Waals surface area contributed by atoms with Crippen LogP contribution in [0.15, 0.2) is 34.7 Å². The van der Waals surface area contributed by atoms with Crippen molar-refractivity contribution < 1.29 is 14.3 Å². The SMILES string of the molecule is Cc1oc(CN(C)Cc2cccc(Cl)c2)cc1C(=O)O. The Bertz CT molecular complexity index is 621. The highest BCUT2D eigenvalue weighted by atomic mass is 35.5. The number of carboxylic acids is 1. The smallest absolute Gasteiger partial charge is 0.339 e. The first kappa shape index (κ1) is 14.6. The molecule has 1 N–H and O–H groups in total. The predicted octanol–water partition coefficient (Wildman–Crippen LogP) is 3.57. The molecule has 20 heavy (non-hydrogen) atoms. The van der Waals surface area contributed by atoms with Gasteiger partial charge in [0.2, 0.25) is 0 Å². The molecule has 4 nitrogen and oxygen atoms in total. The molecular weight excluding hydrogens is 278 g/mol. The highest BCUT2D eigenvalue weighted by Gasteiger charge is 2.14. The Morgan fingerprint density at radius 2 is 2.10 bits per heavy atom. The Balaban J connectivity index is 2.03. The van der Waals surface area contributed by atoms with E-state index in [0.717, 1.165) is 5.56 Å². The van der Waals surface area contributed by atoms with Gasteiger partial charge in [-0.3, -0.25) is 4.90 Å². The van der Waals surface area contributed by atoms with Crippen molar-refractivity contribution in [3.63, 3.8) is 0 Å². The molecule has 0 fully saturated rings. The minimum atomic E-state index is -0.963. The van der Waals surface area contributed by atoms with E-state index in [2.05, 4.69) is 0 Å². The van der Waals surface area contributed by atoms with Gasteiger partial charge in [0.15, 0.2) is 0 Å². The van der Waals surface area contributed by atoms with Crippen LogP contribution in [-0.2, 0) is 13.1 Å². The van der Waals surface area contributed by atoms with Crippen molar-refractivity contribution in [3.05, 3.63) is 58.0 Å². The molecule has 1 aromatic heterocycles. The van der Waals surface area contributed by atoms with E-state index in [0.29, 0.717) is 29.6 Å². The first-order chi connectivity index (χ1) is 9.45. The van der Waals surface area contributed by atoms with E-state index >= 15 is 0 Å². The minimum Gasteiger partial charge on any atom is -0.478 e. The van der Waals surface area contributed by atoms with Crippen LogP contribution in [0.25, 0.3) is 0 Å². The van der Waals surface area contributed by atoms with E-state index in [9.17, 15) is 4.79 Å². The maximum Gasteiger partial charge on any atom is 0.339 e. The highest BCUT2D eigenvalue weighted by Crippen LogP contribution is 2.17. The van der Waals surface area contributed by atoms with Gasteiger partial charge in [0, 0.05) is 11.6 Å². The number of aryl methyl sites for hydroxylation is 1. The Morgan fingerprint density at radius 1 is 1.35 bits per heavy atom. The average Bonchev–Trinajstić information content (AvgIpc) is 2.70. The summed E-state index contributed by atoms with van der Waals surface area (Å²) in [5.41, 5.74) is 1.32. The van der Waals surface area contributed by atoms with Crippen molar-refractivity contribution in [2.75, 3.05) is 7.05 Å². The topological polar surface area (TPSA) is 53.7 Å². The zero-order chi connectivity index (χ0) is 14.7. The van der Waals surface area contributed by atoms with Crippen molar-refractivity contribution in [2.45, 2.75) is 20.0 Å². The zero-order valence-electron chi connectivity index (χ0n) is 11.4. The molecule has 0 saturated heterocycles. The molecule has 1 heterocycles. The third kappa shape index (κ3) is 3.62. The number of carbonyl (C=O) groups is 1. The van der Waals surface area contributed by atoms with Crippen LogP contribution >= 0.6 is 11.6 Å². The second kappa shape index (κ2) is 6.11. The lowest BCUT2D eigenvalue weighted by atomic mass is 10.2. The average molecular weight is 294 g/mol. The second-order valence-electron chi connectivity index (χ2n) is 4.79. The molecule has 0 radical (unpaired) electrons. The molecule has 0 unspecified atom stereocenters. The van der Waals surface area contributed by atoms with Crippen LogP contribution in [0, 0.1) is 6.92 Å². The largest absolute Gasteiger partial charge is 0.478 e. The molecule has 106 valence electrons. The summed E-state index contributed by atoms with van der Waals surface area (Å²) in [6, 6.07) is 9.23. The van der Waals surface area contributed by atoms with Crippen LogP contribution in [0.4, 0.5) is 0 Å². The minimum absolute atomic E-state index is 0.219. The maximum absolute atomic E-state index is 11.0. The highest BCUT2D eigenvalue weighted by molar-refractivity contribution is 6.30. The Hall–Kier alpha value is -1.78. The van der Waals surface area contributed by atoms with Gasteiger partial charge in [-0.05, 0) is 37.7 Å². The van der Waals surface area contributed by atoms with E-state index in [4.69, 9.17) is 21.1 Å². The van der Waals surface area contributed by atoms with Gasteiger partial charge in [-0.25, -0.2) is 4.79 Å². The van der Waals surface area contributed by atoms with Gasteiger partial charge < -0.3 is 9.52 Å². The molecule has 0 amide bonds. The van der Waals surface area contributed by atoms with Gasteiger partial charge in [-0.2, -0.15) is 0 Å². The zero-order valence-corrected chi connectivity index (χ0v) is 12.1. The lowest BCUT2D eigenvalue weighted by Gasteiger charge is -2.15. The molecule has 0 bridgehead atoms. The van der Waals surface area contributed by atoms with Crippen molar-refractivity contribution in [2.24, 2.45) is 0 Å². The normalized spacial score (nSPS) is 11.0. The van der Waals surface area contributed by atoms with E-state index in [1.165, 1.54) is 0 Å². The molecular formula is C15H16ClNO3. The Kier molecular flexibility index (Phi) is 4.47. The summed E-state index contributed by atoms with van der Waals surface area (Å²) in [5.74, 6) is 0.114. The number of furan rings is 1. The summed E-state index contributed by atoms with van der Waals surface area (Å²) in [6.45, 7) is 2.91. The molecule has 0 aliphatic carbocycles. The van der Waals surface area contributed by atoms with Gasteiger partial charge in [-0.15, -0.1) is 0 Å². The molecule has 0 spiro atoms. The van der Waals surface area contributed by atoms with Crippen LogP contribution < -0.4 is 0 Å². The summed E-state index contributed by atoms with van der Waals surface area (Å²) >= 11 is 5.95. The van der Waals surface area contributed by atoms with Crippen molar-refractivity contribution in [1.82, 2.24) is 4.90 Å². The number of nitrogens with zero attached hydrogens (tertiary/aromatic N) is 1. The predicted molar refractivity (Wildman–Crippen MR) is 77.0 cm³/mol. The van der Waals surface area contributed by atoms with Crippen LogP contribution in [0.1, 0.15) is 27.4 Å². The third-order valence-corrected chi connectivity index (χ3v) is 3.20. The summed E-state index contributed by atoms with van der Waals surface area (Å²) in [7, 11) is 1.94. The molecule has 2 rings (SSSR count). The van der Waals surface area contributed by atoms with Crippen LogP contribution in [-0.4, -0.2) is 23.0 Å². The number of hydrogen-bond donors (Lipinski definition) is 1. The van der Waals surface area contributed by atoms with Gasteiger partial charge >= 0.3 is 5.97 Å². The molecule has 2 aromatic rings. The van der Waals surface area contributed by atoms with E-state index in [-0.39, 0.29) is 5.56 Å². The van der Waals surface area contributed by atoms with Gasteiger partial charge in [0.1, 0.15) is 17.1 Å². The molecule has 5 heteroatoms.